The van der Waals surface area contributed by atoms with Crippen LogP contribution in [0.2, 0.25) is 0 Å². The van der Waals surface area contributed by atoms with Crippen LogP contribution in [0.5, 0.6) is 0 Å². The van der Waals surface area contributed by atoms with Gasteiger partial charge >= 0.3 is 0 Å². The third-order valence-electron chi connectivity index (χ3n) is 3.46. The average Bonchev–Trinajstić information content (AvgIpc) is 3.21. The Kier molecular flexibility index (Phi) is 3.66. The van der Waals surface area contributed by atoms with E-state index in [1.165, 1.54) is 0 Å². The topological polar surface area (TPSA) is 68.3 Å². The highest BCUT2D eigenvalue weighted by Crippen LogP contribution is 2.26. The van der Waals surface area contributed by atoms with E-state index in [0.717, 1.165) is 16.7 Å². The summed E-state index contributed by atoms with van der Waals surface area (Å²) < 4.78 is 11.5. The molecule has 118 valence electrons. The zero-order valence-electron chi connectivity index (χ0n) is 12.3. The van der Waals surface area contributed by atoms with Gasteiger partial charge in [-0.3, -0.25) is 4.79 Å². The highest BCUT2D eigenvalue weighted by atomic mass is 79.9. The van der Waals surface area contributed by atoms with Crippen LogP contribution in [0.4, 0.5) is 5.69 Å². The van der Waals surface area contributed by atoms with Crippen LogP contribution in [0.1, 0.15) is 10.6 Å². The summed E-state index contributed by atoms with van der Waals surface area (Å²) in [5.74, 6) is 0.414. The van der Waals surface area contributed by atoms with E-state index in [2.05, 4.69) is 26.2 Å². The number of hydrogen-bond donors (Lipinski definition) is 1. The largest absolute Gasteiger partial charge is 0.444 e. The van der Waals surface area contributed by atoms with Crippen molar-refractivity contribution in [2.45, 2.75) is 0 Å². The van der Waals surface area contributed by atoms with Crippen LogP contribution in [-0.4, -0.2) is 10.9 Å². The summed E-state index contributed by atoms with van der Waals surface area (Å²) in [5, 5.41) is 2.79. The normalized spacial score (nSPS) is 10.9. The number of hydrogen-bond acceptors (Lipinski definition) is 4. The number of carbonyl (C=O) groups excluding carboxylic acids is 1. The number of aromatic nitrogens is 1. The zero-order chi connectivity index (χ0) is 16.5. The minimum Gasteiger partial charge on any atom is -0.444 e. The van der Waals surface area contributed by atoms with E-state index in [1.54, 1.807) is 24.3 Å². The fourth-order valence-corrected chi connectivity index (χ4v) is 2.66. The molecule has 2 aromatic heterocycles. The van der Waals surface area contributed by atoms with Gasteiger partial charge in [0.05, 0.1) is 0 Å². The highest BCUT2D eigenvalue weighted by Gasteiger charge is 2.12. The molecule has 0 fully saturated rings. The van der Waals surface area contributed by atoms with Crippen molar-refractivity contribution in [3.8, 4) is 11.5 Å². The number of nitrogens with zero attached hydrogens (tertiary/aromatic N) is 1. The number of nitrogens with one attached hydrogen (secondary N) is 1. The van der Waals surface area contributed by atoms with Crippen LogP contribution >= 0.6 is 15.9 Å². The van der Waals surface area contributed by atoms with Crippen molar-refractivity contribution in [2.75, 3.05) is 5.32 Å². The predicted molar refractivity (Wildman–Crippen MR) is 93.8 cm³/mol. The summed E-state index contributed by atoms with van der Waals surface area (Å²) in [6.45, 7) is 0. The Labute approximate surface area is 145 Å². The molecule has 4 rings (SSSR count). The minimum atomic E-state index is -0.324. The van der Waals surface area contributed by atoms with Gasteiger partial charge in [0.1, 0.15) is 5.52 Å². The molecule has 0 radical (unpaired) electrons. The van der Waals surface area contributed by atoms with E-state index in [-0.39, 0.29) is 11.7 Å². The Morgan fingerprint density at radius 2 is 1.88 bits per heavy atom. The molecule has 0 spiro atoms. The van der Waals surface area contributed by atoms with Crippen molar-refractivity contribution in [1.82, 2.24) is 4.98 Å². The number of para-hydroxylation sites is 2. The van der Waals surface area contributed by atoms with Gasteiger partial charge in [-0.2, -0.15) is 0 Å². The number of amides is 1. The lowest BCUT2D eigenvalue weighted by molar-refractivity contribution is 0.0995. The van der Waals surface area contributed by atoms with Crippen LogP contribution in [0.15, 0.2) is 74.2 Å². The number of fused-ring (bicyclic) bond motifs is 1. The highest BCUT2D eigenvalue weighted by molar-refractivity contribution is 9.10. The van der Waals surface area contributed by atoms with Crippen LogP contribution in [-0.2, 0) is 0 Å². The van der Waals surface area contributed by atoms with Crippen molar-refractivity contribution in [3.05, 3.63) is 71.1 Å². The maximum absolute atomic E-state index is 12.2. The molecule has 0 aliphatic rings. The first-order valence-electron chi connectivity index (χ1n) is 7.22. The number of halogens is 1. The van der Waals surface area contributed by atoms with Crippen LogP contribution in [0.25, 0.3) is 22.6 Å². The molecule has 1 amide bonds. The van der Waals surface area contributed by atoms with Crippen LogP contribution in [0.3, 0.4) is 0 Å². The molecule has 24 heavy (non-hydrogen) atoms. The van der Waals surface area contributed by atoms with E-state index < -0.39 is 0 Å². The average molecular weight is 383 g/mol. The Morgan fingerprint density at radius 3 is 2.67 bits per heavy atom. The third kappa shape index (κ3) is 2.83. The van der Waals surface area contributed by atoms with Gasteiger partial charge in [-0.15, -0.1) is 0 Å². The van der Waals surface area contributed by atoms with E-state index in [1.807, 2.05) is 36.4 Å². The van der Waals surface area contributed by atoms with Gasteiger partial charge in [0.25, 0.3) is 5.91 Å². The van der Waals surface area contributed by atoms with Gasteiger partial charge in [0, 0.05) is 11.3 Å². The lowest BCUT2D eigenvalue weighted by Gasteiger charge is -2.04. The first-order chi connectivity index (χ1) is 11.7. The lowest BCUT2D eigenvalue weighted by atomic mass is 10.2. The second-order valence-corrected chi connectivity index (χ2v) is 5.91. The van der Waals surface area contributed by atoms with E-state index in [0.29, 0.717) is 16.2 Å². The minimum absolute atomic E-state index is 0.231. The van der Waals surface area contributed by atoms with E-state index in [9.17, 15) is 4.79 Å². The zero-order valence-corrected chi connectivity index (χ0v) is 13.9. The van der Waals surface area contributed by atoms with Crippen molar-refractivity contribution >= 4 is 38.6 Å². The molecule has 0 saturated heterocycles. The molecule has 0 unspecified atom stereocenters. The Balaban J connectivity index is 1.62. The number of rotatable bonds is 3. The SMILES string of the molecule is O=C(Nc1cccc(-c2nc3ccccc3o2)c1)c1ccc(Br)o1. The summed E-state index contributed by atoms with van der Waals surface area (Å²) in [7, 11) is 0. The van der Waals surface area contributed by atoms with E-state index >= 15 is 0 Å². The first kappa shape index (κ1) is 14.7. The molecule has 0 bridgehead atoms. The molecule has 2 heterocycles. The standard InChI is InChI=1S/C18H11BrN2O3/c19-16-9-8-15(23-16)17(22)20-12-5-3-4-11(10-12)18-21-13-6-1-2-7-14(13)24-18/h1-10H,(H,20,22). The van der Waals surface area contributed by atoms with Gasteiger partial charge in [0.15, 0.2) is 16.0 Å². The number of carbonyl (C=O) groups is 1. The van der Waals surface area contributed by atoms with Crippen LogP contribution in [0, 0.1) is 0 Å². The monoisotopic (exact) mass is 382 g/mol. The molecule has 6 heteroatoms. The number of benzene rings is 2. The van der Waals surface area contributed by atoms with Crippen molar-refractivity contribution < 1.29 is 13.6 Å². The van der Waals surface area contributed by atoms with Crippen LogP contribution < -0.4 is 5.32 Å². The Bertz CT molecular complexity index is 1000. The molecular formula is C18H11BrN2O3. The summed E-state index contributed by atoms with van der Waals surface area (Å²) in [5.41, 5.74) is 2.93. The fraction of sp³-hybridized carbons (Fsp3) is 0. The van der Waals surface area contributed by atoms with Crippen molar-refractivity contribution in [2.24, 2.45) is 0 Å². The molecule has 2 aromatic carbocycles. The molecular weight excluding hydrogens is 372 g/mol. The number of anilines is 1. The first-order valence-corrected chi connectivity index (χ1v) is 8.01. The van der Waals surface area contributed by atoms with Gasteiger partial charge in [0.2, 0.25) is 5.89 Å². The molecule has 0 aliphatic carbocycles. The summed E-state index contributed by atoms with van der Waals surface area (Å²) in [6.07, 6.45) is 0. The molecule has 5 nitrogen and oxygen atoms in total. The maximum atomic E-state index is 12.2. The van der Waals surface area contributed by atoms with Gasteiger partial charge in [-0.05, 0) is 58.4 Å². The summed E-state index contributed by atoms with van der Waals surface area (Å²) in [6, 6.07) is 18.1. The lowest BCUT2D eigenvalue weighted by Crippen LogP contribution is -2.10. The molecule has 0 saturated carbocycles. The number of furan rings is 1. The van der Waals surface area contributed by atoms with E-state index in [4.69, 9.17) is 8.83 Å². The molecule has 1 N–H and O–H groups in total. The number of oxazole rings is 1. The molecule has 4 aromatic rings. The smallest absolute Gasteiger partial charge is 0.291 e. The van der Waals surface area contributed by atoms with Crippen molar-refractivity contribution in [3.63, 3.8) is 0 Å². The maximum Gasteiger partial charge on any atom is 0.291 e. The predicted octanol–water partition coefficient (Wildman–Crippen LogP) is 5.10. The van der Waals surface area contributed by atoms with Gasteiger partial charge in [-0.25, -0.2) is 4.98 Å². The second kappa shape index (κ2) is 5.98. The summed E-state index contributed by atoms with van der Waals surface area (Å²) >= 11 is 3.18. The molecule has 0 aliphatic heterocycles. The Hall–Kier alpha value is -2.86. The van der Waals surface area contributed by atoms with Gasteiger partial charge < -0.3 is 14.2 Å². The summed E-state index contributed by atoms with van der Waals surface area (Å²) in [4.78, 5) is 16.6. The second-order valence-electron chi connectivity index (χ2n) is 5.13. The van der Waals surface area contributed by atoms with Crippen molar-refractivity contribution in [1.29, 1.82) is 0 Å². The van der Waals surface area contributed by atoms with Gasteiger partial charge in [-0.1, -0.05) is 18.2 Å². The third-order valence-corrected chi connectivity index (χ3v) is 3.88. The quantitative estimate of drug-likeness (QED) is 0.534. The fourth-order valence-electron chi connectivity index (χ4n) is 2.35. The Morgan fingerprint density at radius 1 is 1.00 bits per heavy atom. The molecule has 0 atom stereocenters.